The first-order chi connectivity index (χ1) is 7.97. The van der Waals surface area contributed by atoms with Crippen molar-refractivity contribution in [2.24, 2.45) is 5.41 Å². The number of rotatable bonds is 2. The number of ether oxygens (including phenoxy) is 1. The Labute approximate surface area is 102 Å². The Morgan fingerprint density at radius 1 is 1.47 bits per heavy atom. The van der Waals surface area contributed by atoms with Crippen LogP contribution in [-0.2, 0) is 4.79 Å². The first kappa shape index (κ1) is 11.9. The second-order valence-electron chi connectivity index (χ2n) is 5.39. The van der Waals surface area contributed by atoms with Crippen molar-refractivity contribution < 1.29 is 9.53 Å². The summed E-state index contributed by atoms with van der Waals surface area (Å²) in [7, 11) is 0. The summed E-state index contributed by atoms with van der Waals surface area (Å²) in [6.45, 7) is 7.15. The molecule has 0 radical (unpaired) electrons. The molecule has 4 heteroatoms. The molecule has 0 bridgehead atoms. The van der Waals surface area contributed by atoms with Crippen molar-refractivity contribution in [3.05, 3.63) is 24.5 Å². The summed E-state index contributed by atoms with van der Waals surface area (Å²) in [6, 6.07) is 3.72. The summed E-state index contributed by atoms with van der Waals surface area (Å²) in [5, 5.41) is 0. The van der Waals surface area contributed by atoms with Crippen LogP contribution >= 0.6 is 0 Å². The molecule has 2 heterocycles. The summed E-state index contributed by atoms with van der Waals surface area (Å²) in [4.78, 5) is 17.7. The highest BCUT2D eigenvalue weighted by molar-refractivity contribution is 5.82. The average Bonchev–Trinajstić information content (AvgIpc) is 2.22. The predicted octanol–water partition coefficient (Wildman–Crippen LogP) is 1.72. The maximum absolute atomic E-state index is 11.9. The van der Waals surface area contributed by atoms with Crippen LogP contribution in [0.1, 0.15) is 20.8 Å². The van der Waals surface area contributed by atoms with Crippen LogP contribution in [0.15, 0.2) is 24.5 Å². The van der Waals surface area contributed by atoms with E-state index in [0.29, 0.717) is 13.1 Å². The Balaban J connectivity index is 1.82. The van der Waals surface area contributed by atoms with E-state index < -0.39 is 0 Å². The minimum Gasteiger partial charge on any atom is -0.485 e. The molecule has 0 atom stereocenters. The second kappa shape index (κ2) is 4.35. The fourth-order valence-corrected chi connectivity index (χ4v) is 1.76. The molecular weight excluding hydrogens is 216 g/mol. The Morgan fingerprint density at radius 3 is 2.71 bits per heavy atom. The van der Waals surface area contributed by atoms with Gasteiger partial charge in [-0.2, -0.15) is 0 Å². The van der Waals surface area contributed by atoms with Crippen LogP contribution in [0, 0.1) is 5.41 Å². The Bertz CT molecular complexity index is 392. The predicted molar refractivity (Wildman–Crippen MR) is 64.7 cm³/mol. The third-order valence-electron chi connectivity index (χ3n) is 2.71. The zero-order chi connectivity index (χ0) is 12.5. The SMILES string of the molecule is CC(C)(C)C(=O)N1CC(Oc2cccnc2)C1. The van der Waals surface area contributed by atoms with Gasteiger partial charge < -0.3 is 9.64 Å². The van der Waals surface area contributed by atoms with Crippen LogP contribution in [0.4, 0.5) is 0 Å². The smallest absolute Gasteiger partial charge is 0.228 e. The minimum atomic E-state index is -0.306. The summed E-state index contributed by atoms with van der Waals surface area (Å²) in [6.07, 6.45) is 3.50. The molecule has 4 nitrogen and oxygen atoms in total. The lowest BCUT2D eigenvalue weighted by molar-refractivity contribution is -0.148. The minimum absolute atomic E-state index is 0.102. The molecule has 1 aromatic rings. The maximum atomic E-state index is 11.9. The molecule has 2 rings (SSSR count). The number of amides is 1. The lowest BCUT2D eigenvalue weighted by Crippen LogP contribution is -2.58. The largest absolute Gasteiger partial charge is 0.485 e. The normalized spacial score (nSPS) is 16.5. The van der Waals surface area contributed by atoms with Crippen LogP contribution in [0.25, 0.3) is 0 Å². The highest BCUT2D eigenvalue weighted by Gasteiger charge is 2.37. The average molecular weight is 234 g/mol. The number of aromatic nitrogens is 1. The van der Waals surface area contributed by atoms with Crippen LogP contribution in [0.2, 0.25) is 0 Å². The Morgan fingerprint density at radius 2 is 2.18 bits per heavy atom. The number of carbonyl (C=O) groups excluding carboxylic acids is 1. The third kappa shape index (κ3) is 2.75. The van der Waals surface area contributed by atoms with Crippen molar-refractivity contribution in [3.8, 4) is 5.75 Å². The fourth-order valence-electron chi connectivity index (χ4n) is 1.76. The fraction of sp³-hybridized carbons (Fsp3) is 0.538. The number of hydrogen-bond donors (Lipinski definition) is 0. The molecule has 1 aromatic heterocycles. The van der Waals surface area contributed by atoms with Gasteiger partial charge >= 0.3 is 0 Å². The van der Waals surface area contributed by atoms with Crippen LogP contribution in [0.3, 0.4) is 0 Å². The van der Waals surface area contributed by atoms with E-state index in [0.717, 1.165) is 5.75 Å². The van der Waals surface area contributed by atoms with E-state index >= 15 is 0 Å². The zero-order valence-corrected chi connectivity index (χ0v) is 10.5. The Hall–Kier alpha value is -1.58. The highest BCUT2D eigenvalue weighted by Crippen LogP contribution is 2.23. The van der Waals surface area contributed by atoms with Gasteiger partial charge in [0.1, 0.15) is 11.9 Å². The summed E-state index contributed by atoms with van der Waals surface area (Å²) >= 11 is 0. The number of hydrogen-bond acceptors (Lipinski definition) is 3. The number of nitrogens with zero attached hydrogens (tertiary/aromatic N) is 2. The van der Waals surface area contributed by atoms with E-state index in [9.17, 15) is 4.79 Å². The molecule has 0 aliphatic carbocycles. The topological polar surface area (TPSA) is 42.4 Å². The van der Waals surface area contributed by atoms with Crippen molar-refractivity contribution in [2.45, 2.75) is 26.9 Å². The van der Waals surface area contributed by atoms with Gasteiger partial charge in [0.2, 0.25) is 5.91 Å². The Kier molecular flexibility index (Phi) is 3.05. The van der Waals surface area contributed by atoms with Gasteiger partial charge in [-0.3, -0.25) is 9.78 Å². The van der Waals surface area contributed by atoms with E-state index in [-0.39, 0.29) is 17.4 Å². The van der Waals surface area contributed by atoms with Crippen molar-refractivity contribution in [2.75, 3.05) is 13.1 Å². The molecule has 1 aliphatic heterocycles. The van der Waals surface area contributed by atoms with Gasteiger partial charge in [0.05, 0.1) is 19.3 Å². The second-order valence-corrected chi connectivity index (χ2v) is 5.39. The van der Waals surface area contributed by atoms with Crippen LogP contribution in [0.5, 0.6) is 5.75 Å². The van der Waals surface area contributed by atoms with Gasteiger partial charge in [0, 0.05) is 11.6 Å². The van der Waals surface area contributed by atoms with Gasteiger partial charge in [0.15, 0.2) is 0 Å². The molecule has 0 unspecified atom stereocenters. The molecule has 1 aliphatic rings. The van der Waals surface area contributed by atoms with Gasteiger partial charge in [-0.15, -0.1) is 0 Å². The van der Waals surface area contributed by atoms with Gasteiger partial charge in [0.25, 0.3) is 0 Å². The monoisotopic (exact) mass is 234 g/mol. The van der Waals surface area contributed by atoms with Gasteiger partial charge in [-0.1, -0.05) is 20.8 Å². The molecule has 0 spiro atoms. The zero-order valence-electron chi connectivity index (χ0n) is 10.5. The van der Waals surface area contributed by atoms with E-state index in [1.165, 1.54) is 0 Å². The molecular formula is C13H18N2O2. The van der Waals surface area contributed by atoms with E-state index in [4.69, 9.17) is 4.74 Å². The highest BCUT2D eigenvalue weighted by atomic mass is 16.5. The first-order valence-corrected chi connectivity index (χ1v) is 5.83. The molecule has 0 saturated carbocycles. The number of pyridine rings is 1. The van der Waals surface area contributed by atoms with Crippen molar-refractivity contribution in [1.29, 1.82) is 0 Å². The number of carbonyl (C=O) groups is 1. The summed E-state index contributed by atoms with van der Waals surface area (Å²) in [5.41, 5.74) is -0.306. The van der Waals surface area contributed by atoms with Crippen molar-refractivity contribution in [1.82, 2.24) is 9.88 Å². The molecule has 1 fully saturated rings. The van der Waals surface area contributed by atoms with Gasteiger partial charge in [-0.25, -0.2) is 0 Å². The molecule has 0 N–H and O–H groups in total. The molecule has 92 valence electrons. The van der Waals surface area contributed by atoms with Crippen molar-refractivity contribution >= 4 is 5.91 Å². The van der Waals surface area contributed by atoms with Crippen LogP contribution < -0.4 is 4.74 Å². The molecule has 17 heavy (non-hydrogen) atoms. The van der Waals surface area contributed by atoms with Crippen LogP contribution in [-0.4, -0.2) is 35.0 Å². The third-order valence-corrected chi connectivity index (χ3v) is 2.71. The quantitative estimate of drug-likeness (QED) is 0.782. The van der Waals surface area contributed by atoms with E-state index in [2.05, 4.69) is 4.98 Å². The lowest BCUT2D eigenvalue weighted by Gasteiger charge is -2.41. The standard InChI is InChI=1S/C13H18N2O2/c1-13(2,3)12(16)15-8-11(9-15)17-10-5-4-6-14-7-10/h4-7,11H,8-9H2,1-3H3. The molecule has 1 amide bonds. The molecule has 1 saturated heterocycles. The first-order valence-electron chi connectivity index (χ1n) is 5.83. The molecule has 0 aromatic carbocycles. The summed E-state index contributed by atoms with van der Waals surface area (Å²) < 4.78 is 5.69. The van der Waals surface area contributed by atoms with Crippen molar-refractivity contribution in [3.63, 3.8) is 0 Å². The maximum Gasteiger partial charge on any atom is 0.228 e. The number of likely N-dealkylation sites (tertiary alicyclic amines) is 1. The summed E-state index contributed by atoms with van der Waals surface area (Å²) in [5.74, 6) is 0.948. The van der Waals surface area contributed by atoms with E-state index in [1.807, 2.05) is 37.8 Å². The van der Waals surface area contributed by atoms with E-state index in [1.54, 1.807) is 12.4 Å². The van der Waals surface area contributed by atoms with Gasteiger partial charge in [-0.05, 0) is 12.1 Å². The lowest BCUT2D eigenvalue weighted by atomic mass is 9.93.